The molecule has 0 bridgehead atoms. The molecule has 6 aromatic rings. The number of methoxy groups -OCH3 is 2. The molecular weight excluding hydrogens is 918 g/mol. The maximum absolute atomic E-state index is 14.5. The predicted octanol–water partition coefficient (Wildman–Crippen LogP) is 10.4. The van der Waals surface area contributed by atoms with Crippen LogP contribution in [0.5, 0.6) is 23.0 Å². The Morgan fingerprint density at radius 3 is 1.32 bits per heavy atom. The number of nitrogens with one attached hydrogen (secondary N) is 2. The number of hydrogen-bond donors (Lipinski definition) is 2. The fourth-order valence-electron chi connectivity index (χ4n) is 9.59. The van der Waals surface area contributed by atoms with Gasteiger partial charge in [-0.2, -0.15) is 0 Å². The summed E-state index contributed by atoms with van der Waals surface area (Å²) in [6.45, 7) is 7.33. The fraction of sp³-hybridized carbons (Fsp3) is 0.440. The van der Waals surface area contributed by atoms with Gasteiger partial charge in [0.15, 0.2) is 34.6 Å². The van der Waals surface area contributed by atoms with Gasteiger partial charge in [-0.1, -0.05) is 35.3 Å². The SMILES string of the molecule is COc1cc2ncnc(Nc3cccc(Cl)c3F)c2cc1OC1CCC(N2CCOCC2)CC1.COc1cc2ncnc(Nc3cccc(Cl)c3F)c2cc1OC1CCC(N2CCOCC2)CC1. The smallest absolute Gasteiger partial charge is 0.165 e. The van der Waals surface area contributed by atoms with Gasteiger partial charge in [0.05, 0.1) is 85.3 Å². The molecule has 4 fully saturated rings. The van der Waals surface area contributed by atoms with E-state index in [-0.39, 0.29) is 33.6 Å². The molecule has 10 rings (SSSR count). The monoisotopic (exact) mass is 972 g/mol. The predicted molar refractivity (Wildman–Crippen MR) is 260 cm³/mol. The molecule has 2 saturated heterocycles. The Morgan fingerprint density at radius 2 is 0.941 bits per heavy atom. The normalized spacial score (nSPS) is 21.4. The lowest BCUT2D eigenvalue weighted by Gasteiger charge is -2.38. The van der Waals surface area contributed by atoms with E-state index in [1.54, 1.807) is 38.5 Å². The molecule has 2 aromatic heterocycles. The highest BCUT2D eigenvalue weighted by atomic mass is 35.5. The Kier molecular flexibility index (Phi) is 15.7. The summed E-state index contributed by atoms with van der Waals surface area (Å²) in [6.07, 6.45) is 11.4. The molecule has 2 aliphatic carbocycles. The van der Waals surface area contributed by atoms with Crippen molar-refractivity contribution in [2.75, 3.05) is 77.5 Å². The van der Waals surface area contributed by atoms with E-state index >= 15 is 0 Å². The zero-order valence-electron chi connectivity index (χ0n) is 38.2. The van der Waals surface area contributed by atoms with Crippen LogP contribution < -0.4 is 29.6 Å². The number of anilines is 4. The molecule has 2 saturated carbocycles. The second kappa shape index (κ2) is 22.4. The Bertz CT molecular complexity index is 2480. The van der Waals surface area contributed by atoms with Gasteiger partial charge in [-0.25, -0.2) is 28.7 Å². The van der Waals surface area contributed by atoms with Crippen LogP contribution in [0.1, 0.15) is 51.4 Å². The number of benzene rings is 4. The maximum atomic E-state index is 14.5. The quantitative estimate of drug-likeness (QED) is 0.120. The van der Waals surface area contributed by atoms with E-state index in [2.05, 4.69) is 40.4 Å². The number of rotatable bonds is 12. The molecule has 14 nitrogen and oxygen atoms in total. The lowest BCUT2D eigenvalue weighted by molar-refractivity contribution is -0.00125. The van der Waals surface area contributed by atoms with Crippen LogP contribution in [0.15, 0.2) is 73.3 Å². The summed E-state index contributed by atoms with van der Waals surface area (Å²) >= 11 is 11.9. The lowest BCUT2D eigenvalue weighted by atomic mass is 9.91. The van der Waals surface area contributed by atoms with Crippen LogP contribution in [0.25, 0.3) is 21.8 Å². The first-order chi connectivity index (χ1) is 33.2. The third-order valence-electron chi connectivity index (χ3n) is 13.2. The van der Waals surface area contributed by atoms with E-state index < -0.39 is 11.6 Å². The highest BCUT2D eigenvalue weighted by molar-refractivity contribution is 6.31. The van der Waals surface area contributed by atoms with E-state index in [4.69, 9.17) is 51.6 Å². The van der Waals surface area contributed by atoms with E-state index in [1.807, 2.05) is 24.3 Å². The van der Waals surface area contributed by atoms with Crippen molar-refractivity contribution in [1.29, 1.82) is 0 Å². The summed E-state index contributed by atoms with van der Waals surface area (Å²) in [5, 5.41) is 7.59. The molecule has 2 N–H and O–H groups in total. The summed E-state index contributed by atoms with van der Waals surface area (Å²) in [7, 11) is 3.23. The number of hydrogen-bond acceptors (Lipinski definition) is 14. The Hall–Kier alpha value is -5.36. The van der Waals surface area contributed by atoms with Crippen molar-refractivity contribution in [1.82, 2.24) is 29.7 Å². The molecule has 0 amide bonds. The first-order valence-corrected chi connectivity index (χ1v) is 24.0. The molecule has 2 aliphatic heterocycles. The number of ether oxygens (including phenoxy) is 6. The zero-order chi connectivity index (χ0) is 47.0. The van der Waals surface area contributed by atoms with Crippen LogP contribution in [-0.2, 0) is 9.47 Å². The molecule has 0 atom stereocenters. The minimum atomic E-state index is -0.530. The summed E-state index contributed by atoms with van der Waals surface area (Å²) in [4.78, 5) is 22.5. The Balaban J connectivity index is 0.000000170. The van der Waals surface area contributed by atoms with Crippen LogP contribution in [0.2, 0.25) is 10.0 Å². The van der Waals surface area contributed by atoms with Crippen molar-refractivity contribution >= 4 is 68.0 Å². The molecule has 0 spiro atoms. The van der Waals surface area contributed by atoms with Gasteiger partial charge in [0.2, 0.25) is 0 Å². The van der Waals surface area contributed by atoms with Gasteiger partial charge in [0.1, 0.15) is 24.3 Å². The van der Waals surface area contributed by atoms with Crippen LogP contribution in [0, 0.1) is 11.6 Å². The number of nitrogens with zero attached hydrogens (tertiary/aromatic N) is 6. The standard InChI is InChI=1S/2C25H28ClFN4O3/c2*1-32-22-14-21-18(25(29-15-28-21)30-20-4-2-3-19(26)24(20)27)13-23(22)34-17-7-5-16(6-8-17)31-9-11-33-12-10-31/h2*2-4,13-17H,5-12H2,1H3,(H,28,29,30). The molecule has 0 radical (unpaired) electrons. The number of aromatic nitrogens is 4. The summed E-state index contributed by atoms with van der Waals surface area (Å²) in [5.74, 6) is 2.37. The zero-order valence-corrected chi connectivity index (χ0v) is 39.7. The van der Waals surface area contributed by atoms with Gasteiger partial charge in [-0.15, -0.1) is 0 Å². The molecule has 4 aliphatic rings. The van der Waals surface area contributed by atoms with Crippen molar-refractivity contribution in [2.24, 2.45) is 0 Å². The molecule has 0 unspecified atom stereocenters. The van der Waals surface area contributed by atoms with Gasteiger partial charge in [0, 0.05) is 61.2 Å². The first kappa shape index (κ1) is 47.7. The molecule has 68 heavy (non-hydrogen) atoms. The minimum Gasteiger partial charge on any atom is -0.493 e. The number of halogens is 4. The first-order valence-electron chi connectivity index (χ1n) is 23.3. The van der Waals surface area contributed by atoms with Crippen LogP contribution >= 0.6 is 23.2 Å². The molecule has 4 heterocycles. The van der Waals surface area contributed by atoms with Crippen LogP contribution in [0.3, 0.4) is 0 Å². The maximum Gasteiger partial charge on any atom is 0.165 e. The minimum absolute atomic E-state index is 0.0433. The third-order valence-corrected chi connectivity index (χ3v) is 13.8. The summed E-state index contributed by atoms with van der Waals surface area (Å²) in [5.41, 5.74) is 1.82. The summed E-state index contributed by atoms with van der Waals surface area (Å²) < 4.78 is 64.0. The molecule has 4 aromatic carbocycles. The molecule has 360 valence electrons. The average Bonchev–Trinajstić information content (AvgIpc) is 3.38. The molecular formula is C50H56Cl2F2N8O6. The highest BCUT2D eigenvalue weighted by Crippen LogP contribution is 2.40. The van der Waals surface area contributed by atoms with Gasteiger partial charge < -0.3 is 39.1 Å². The van der Waals surface area contributed by atoms with Gasteiger partial charge >= 0.3 is 0 Å². The van der Waals surface area contributed by atoms with Gasteiger partial charge in [-0.05, 0) is 87.8 Å². The van der Waals surface area contributed by atoms with E-state index in [9.17, 15) is 8.78 Å². The van der Waals surface area contributed by atoms with Crippen molar-refractivity contribution in [3.63, 3.8) is 0 Å². The molecule has 18 heteroatoms. The van der Waals surface area contributed by atoms with Crippen molar-refractivity contribution < 1.29 is 37.2 Å². The highest BCUT2D eigenvalue weighted by Gasteiger charge is 2.30. The number of fused-ring (bicyclic) bond motifs is 2. The van der Waals surface area contributed by atoms with E-state index in [0.717, 1.165) is 104 Å². The van der Waals surface area contributed by atoms with Crippen LogP contribution in [0.4, 0.5) is 31.8 Å². The Morgan fingerprint density at radius 1 is 0.544 bits per heavy atom. The average molecular weight is 974 g/mol. The largest absolute Gasteiger partial charge is 0.493 e. The van der Waals surface area contributed by atoms with Gasteiger partial charge in [0.25, 0.3) is 0 Å². The summed E-state index contributed by atoms with van der Waals surface area (Å²) in [6, 6.07) is 18.2. The van der Waals surface area contributed by atoms with Crippen molar-refractivity contribution in [2.45, 2.75) is 75.7 Å². The lowest BCUT2D eigenvalue weighted by Crippen LogP contribution is -2.46. The van der Waals surface area contributed by atoms with Crippen LogP contribution in [-0.4, -0.2) is 121 Å². The second-order valence-electron chi connectivity index (χ2n) is 17.3. The van der Waals surface area contributed by atoms with Crippen molar-refractivity contribution in [3.05, 3.63) is 95.0 Å². The number of morpholine rings is 2. The third kappa shape index (κ3) is 11.2. The van der Waals surface area contributed by atoms with E-state index in [1.165, 1.54) is 24.8 Å². The van der Waals surface area contributed by atoms with Crippen molar-refractivity contribution in [3.8, 4) is 23.0 Å². The van der Waals surface area contributed by atoms with E-state index in [0.29, 0.717) is 68.5 Å². The Labute approximate surface area is 404 Å². The van der Waals surface area contributed by atoms with Gasteiger partial charge in [-0.3, -0.25) is 9.80 Å². The second-order valence-corrected chi connectivity index (χ2v) is 18.1. The fourth-order valence-corrected chi connectivity index (χ4v) is 9.94. The topological polar surface area (TPSA) is 137 Å².